The molecule has 0 radical (unpaired) electrons. The number of nitrogens with zero attached hydrogens (tertiary/aromatic N) is 4. The van der Waals surface area contributed by atoms with Crippen LogP contribution >= 0.6 is 0 Å². The van der Waals surface area contributed by atoms with E-state index in [2.05, 4.69) is 80.2 Å². The number of ether oxygens (including phenoxy) is 1. The average Bonchev–Trinajstić information content (AvgIpc) is 4.18. The molecule has 5 nitrogen and oxygen atoms in total. The summed E-state index contributed by atoms with van der Waals surface area (Å²) in [6.45, 7) is 4.25. The minimum Gasteiger partial charge on any atom is -0.510 e. The van der Waals surface area contributed by atoms with E-state index >= 15 is 0 Å². The molecule has 0 unspecified atom stereocenters. The van der Waals surface area contributed by atoms with Gasteiger partial charge in [-0.3, -0.25) is 0 Å². The molecule has 0 saturated carbocycles. The molecule has 342 valence electrons. The minimum absolute atomic E-state index is 0. The van der Waals surface area contributed by atoms with Crippen molar-refractivity contribution in [3.05, 3.63) is 229 Å². The molecule has 0 saturated heterocycles. The van der Waals surface area contributed by atoms with Gasteiger partial charge in [0, 0.05) is 48.4 Å². The Morgan fingerprint density at radius 3 is 2.12 bits per heavy atom. The quantitative estimate of drug-likeness (QED) is 0.0694. The first-order chi connectivity index (χ1) is 38.6. The van der Waals surface area contributed by atoms with Crippen LogP contribution in [-0.2, 0) is 39.4 Å². The van der Waals surface area contributed by atoms with Crippen LogP contribution in [0.25, 0.3) is 77.7 Å². The standard InChI is InChI=1S/C63H52N4O.Pt/c1-44-19-16-31-59-62(44)65(38-15-14-28-55-53(46-22-10-6-11-23-46)29-18-30-54(55)47-24-12-7-13-25-47)43-66(59)50-26-17-27-51(41-50)68-52-33-34-56-57-39-48(45-20-8-5-9-21-45)32-35-58(57)67(60(56)42-52)61-40-49(36-37-64-61)63(2,3)4;/h5-13,16-27,29-37,39-40H,14-15,28,38H2,1-4H3;/q-2;/i1D3,6D,7D,10D,11D,12D,13D,22D,23D,24D,25D;. The minimum atomic E-state index is -2.51. The van der Waals surface area contributed by atoms with Crippen molar-refractivity contribution in [2.75, 3.05) is 0 Å². The molecule has 11 aromatic rings. The number of benzene rings is 8. The number of imidazole rings is 1. The fourth-order valence-corrected chi connectivity index (χ4v) is 9.02. The van der Waals surface area contributed by atoms with Crippen LogP contribution in [0.5, 0.6) is 11.5 Å². The van der Waals surface area contributed by atoms with Gasteiger partial charge in [0.15, 0.2) is 0 Å². The van der Waals surface area contributed by atoms with E-state index in [1.165, 1.54) is 0 Å². The van der Waals surface area contributed by atoms with Gasteiger partial charge in [0.05, 0.1) is 31.3 Å². The summed E-state index contributed by atoms with van der Waals surface area (Å²) in [5.74, 6) is 1.54. The van der Waals surface area contributed by atoms with Crippen LogP contribution in [0.4, 0.5) is 0 Å². The Balaban J connectivity index is 0.00000753. The van der Waals surface area contributed by atoms with Gasteiger partial charge in [-0.1, -0.05) is 177 Å². The van der Waals surface area contributed by atoms with Crippen molar-refractivity contribution in [2.45, 2.75) is 58.8 Å². The van der Waals surface area contributed by atoms with Gasteiger partial charge < -0.3 is 18.4 Å². The maximum Gasteiger partial charge on any atom is 0.242 e. The number of hydrogen-bond acceptors (Lipinski definition) is 2. The molecule has 69 heavy (non-hydrogen) atoms. The number of hydrogen-bond donors (Lipinski definition) is 0. The first-order valence-corrected chi connectivity index (χ1v) is 22.6. The molecular formula is C63H52N4OPt-2. The number of aromatic nitrogens is 4. The van der Waals surface area contributed by atoms with E-state index in [4.69, 9.17) is 27.5 Å². The summed E-state index contributed by atoms with van der Waals surface area (Å²) in [6.07, 6.45) is 6.18. The van der Waals surface area contributed by atoms with Crippen molar-refractivity contribution in [3.63, 3.8) is 0 Å². The normalized spacial score (nSPS) is 14.4. The van der Waals surface area contributed by atoms with E-state index in [1.54, 1.807) is 45.5 Å². The van der Waals surface area contributed by atoms with Crippen LogP contribution in [0.2, 0.25) is 0 Å². The molecule has 8 aromatic carbocycles. The van der Waals surface area contributed by atoms with Gasteiger partial charge in [-0.2, -0.15) is 18.2 Å². The summed E-state index contributed by atoms with van der Waals surface area (Å²) >= 11 is 0. The SMILES string of the molecule is [2H]c1c([2H])c([2H])c(-c2cccc(-c3c([2H])c([2H])c([2H])c([2H])c3[2H])c2CCCC[n+]2[c-]n(-c3[c-]c(Oc4[c-]c5c(cc4)c4cc(-c6ccccc6)ccc4n5-c4cc(C(C)(C)C)ccn4)ccc3)c3cccc(C([2H])([2H])[2H])c32)c([2H])c1[2H].[Pt]. The van der Waals surface area contributed by atoms with Crippen molar-refractivity contribution in [1.29, 1.82) is 0 Å². The van der Waals surface area contributed by atoms with Crippen LogP contribution in [0.1, 0.15) is 68.1 Å². The molecule has 0 aliphatic heterocycles. The number of unbranched alkanes of at least 4 members (excludes halogenated alkanes) is 1. The Kier molecular flexibility index (Phi) is 9.09. The van der Waals surface area contributed by atoms with Gasteiger partial charge in [0.1, 0.15) is 5.82 Å². The molecule has 0 bridgehead atoms. The summed E-state index contributed by atoms with van der Waals surface area (Å²) in [5.41, 5.74) is 7.26. The molecule has 0 spiro atoms. The van der Waals surface area contributed by atoms with Gasteiger partial charge in [-0.05, 0) is 99.6 Å². The summed E-state index contributed by atoms with van der Waals surface area (Å²) in [6, 6.07) is 41.9. The first-order valence-electron chi connectivity index (χ1n) is 29.1. The average molecular weight is 1090 g/mol. The number of pyridine rings is 1. The molecule has 0 aliphatic rings. The third-order valence-corrected chi connectivity index (χ3v) is 12.3. The van der Waals surface area contributed by atoms with E-state index in [0.29, 0.717) is 46.6 Å². The third-order valence-electron chi connectivity index (χ3n) is 12.3. The van der Waals surface area contributed by atoms with Crippen molar-refractivity contribution in [1.82, 2.24) is 14.1 Å². The van der Waals surface area contributed by atoms with E-state index in [-0.39, 0.29) is 67.3 Å². The number of para-hydroxylation sites is 1. The fourth-order valence-electron chi connectivity index (χ4n) is 9.02. The summed E-state index contributed by atoms with van der Waals surface area (Å²) in [5, 5.41) is 1.99. The molecule has 3 heterocycles. The van der Waals surface area contributed by atoms with Gasteiger partial charge in [-0.25, -0.2) is 4.98 Å². The van der Waals surface area contributed by atoms with Crippen LogP contribution in [0.15, 0.2) is 194 Å². The molecule has 0 amide bonds. The molecule has 0 aliphatic carbocycles. The Hall–Kier alpha value is -7.33. The van der Waals surface area contributed by atoms with Gasteiger partial charge in [-0.15, -0.1) is 29.7 Å². The second-order valence-corrected chi connectivity index (χ2v) is 17.7. The predicted octanol–water partition coefficient (Wildman–Crippen LogP) is 15.2. The van der Waals surface area contributed by atoms with Gasteiger partial charge in [0.2, 0.25) is 6.33 Å². The smallest absolute Gasteiger partial charge is 0.242 e. The maximum atomic E-state index is 8.87. The fraction of sp³-hybridized carbons (Fsp3) is 0.143. The molecule has 6 heteroatoms. The Labute approximate surface area is 437 Å². The molecule has 0 atom stereocenters. The molecule has 3 aromatic heterocycles. The summed E-state index contributed by atoms with van der Waals surface area (Å²) < 4.78 is 124. The van der Waals surface area contributed by atoms with E-state index in [1.807, 2.05) is 60.8 Å². The second kappa shape index (κ2) is 19.3. The monoisotopic (exact) mass is 1090 g/mol. The number of aryl methyl sites for hydroxylation is 2. The van der Waals surface area contributed by atoms with Gasteiger partial charge >= 0.3 is 0 Å². The zero-order chi connectivity index (χ0) is 57.4. The zero-order valence-electron chi connectivity index (χ0n) is 51.0. The van der Waals surface area contributed by atoms with Crippen molar-refractivity contribution in [3.8, 4) is 56.4 Å². The third kappa shape index (κ3) is 9.08. The maximum absolute atomic E-state index is 8.87. The first kappa shape index (κ1) is 32.4. The molecule has 0 fully saturated rings. The molecule has 0 N–H and O–H groups in total. The molecular weight excluding hydrogens is 1020 g/mol. The van der Waals surface area contributed by atoms with Gasteiger partial charge in [0.25, 0.3) is 0 Å². The van der Waals surface area contributed by atoms with Crippen LogP contribution in [0.3, 0.4) is 0 Å². The van der Waals surface area contributed by atoms with Crippen molar-refractivity contribution < 1.29 is 48.2 Å². The van der Waals surface area contributed by atoms with Crippen molar-refractivity contribution >= 4 is 32.8 Å². The Bertz CT molecular complexity index is 4180. The van der Waals surface area contributed by atoms with E-state index in [0.717, 1.165) is 44.3 Å². The zero-order valence-corrected chi connectivity index (χ0v) is 40.3. The number of fused-ring (bicyclic) bond motifs is 4. The van der Waals surface area contributed by atoms with Crippen LogP contribution in [-0.4, -0.2) is 14.1 Å². The van der Waals surface area contributed by atoms with E-state index < -0.39 is 67.3 Å². The largest absolute Gasteiger partial charge is 0.510 e. The molecule has 11 rings (SSSR count). The van der Waals surface area contributed by atoms with Crippen molar-refractivity contribution in [2.24, 2.45) is 0 Å². The van der Waals surface area contributed by atoms with Crippen LogP contribution < -0.4 is 9.30 Å². The summed E-state index contributed by atoms with van der Waals surface area (Å²) in [7, 11) is 0. The predicted molar refractivity (Wildman–Crippen MR) is 278 cm³/mol. The second-order valence-electron chi connectivity index (χ2n) is 17.7. The number of rotatable bonds is 12. The van der Waals surface area contributed by atoms with Crippen LogP contribution in [0, 0.1) is 25.3 Å². The Morgan fingerprint density at radius 1 is 0.652 bits per heavy atom. The topological polar surface area (TPSA) is 35.9 Å². The van der Waals surface area contributed by atoms with E-state index in [9.17, 15) is 0 Å². The Morgan fingerprint density at radius 2 is 1.38 bits per heavy atom. The summed E-state index contributed by atoms with van der Waals surface area (Å²) in [4.78, 5) is 4.87.